The van der Waals surface area contributed by atoms with Gasteiger partial charge >= 0.3 is 111 Å². The Balaban J connectivity index is 1.91. The number of hydrogen-bond donors (Lipinski definition) is 0. The zero-order valence-electron chi connectivity index (χ0n) is 8.93. The van der Waals surface area contributed by atoms with E-state index in [1.807, 2.05) is 0 Å². The molecule has 0 spiro atoms. The summed E-state index contributed by atoms with van der Waals surface area (Å²) in [4.78, 5) is 2.32. The van der Waals surface area contributed by atoms with Gasteiger partial charge in [0.1, 0.15) is 0 Å². The Bertz CT molecular complexity index is 349. The molecule has 1 aromatic carbocycles. The molecule has 0 amide bonds. The summed E-state index contributed by atoms with van der Waals surface area (Å²) in [7, 11) is 0. The van der Waals surface area contributed by atoms with Gasteiger partial charge in [0.25, 0.3) is 0 Å². The molecular weight excluding hydrogens is 333 g/mol. The summed E-state index contributed by atoms with van der Waals surface area (Å²) in [6, 6.07) is 10.6. The van der Waals surface area contributed by atoms with Gasteiger partial charge in [-0.1, -0.05) is 0 Å². The molecule has 0 aliphatic carbocycles. The van der Waals surface area contributed by atoms with E-state index in [9.17, 15) is 0 Å². The standard InChI is InChI=1S/C12H14BrNOSe/c13-12(10-14-6-8-15-9-7-14)16-11-4-2-1-3-5-11/h1-5,10H,6-9H2/b12-10-. The summed E-state index contributed by atoms with van der Waals surface area (Å²) in [5.74, 6) is 0. The van der Waals surface area contributed by atoms with Crippen molar-refractivity contribution < 1.29 is 4.74 Å². The first-order valence-corrected chi connectivity index (χ1v) is 7.77. The van der Waals surface area contributed by atoms with E-state index in [1.165, 1.54) is 7.84 Å². The van der Waals surface area contributed by atoms with Crippen LogP contribution in [0.1, 0.15) is 0 Å². The van der Waals surface area contributed by atoms with Gasteiger partial charge in [-0.3, -0.25) is 0 Å². The molecule has 2 rings (SSSR count). The van der Waals surface area contributed by atoms with Crippen molar-refractivity contribution in [1.29, 1.82) is 0 Å². The van der Waals surface area contributed by atoms with Crippen LogP contribution in [0.15, 0.2) is 39.9 Å². The Morgan fingerprint density at radius 2 is 1.94 bits per heavy atom. The van der Waals surface area contributed by atoms with Crippen LogP contribution in [0.4, 0.5) is 0 Å². The quantitative estimate of drug-likeness (QED) is 0.770. The molecule has 1 aliphatic rings. The fraction of sp³-hybridized carbons (Fsp3) is 0.333. The van der Waals surface area contributed by atoms with Crippen molar-refractivity contribution in [3.63, 3.8) is 0 Å². The molecule has 1 heterocycles. The molecule has 4 heteroatoms. The third kappa shape index (κ3) is 3.95. The van der Waals surface area contributed by atoms with Crippen molar-refractivity contribution in [1.82, 2.24) is 4.90 Å². The van der Waals surface area contributed by atoms with Crippen LogP contribution in [0.3, 0.4) is 0 Å². The van der Waals surface area contributed by atoms with E-state index in [4.69, 9.17) is 4.74 Å². The normalized spacial score (nSPS) is 17.6. The molecule has 0 radical (unpaired) electrons. The maximum absolute atomic E-state index is 5.32. The fourth-order valence-electron chi connectivity index (χ4n) is 1.48. The van der Waals surface area contributed by atoms with Crippen LogP contribution in [-0.4, -0.2) is 46.2 Å². The number of halogens is 1. The van der Waals surface area contributed by atoms with Gasteiger partial charge in [0, 0.05) is 0 Å². The minimum absolute atomic E-state index is 0.375. The van der Waals surface area contributed by atoms with Crippen molar-refractivity contribution >= 4 is 35.3 Å². The number of nitrogens with zero attached hydrogens (tertiary/aromatic N) is 1. The van der Waals surface area contributed by atoms with Crippen molar-refractivity contribution in [2.75, 3.05) is 26.3 Å². The van der Waals surface area contributed by atoms with Crippen LogP contribution >= 0.6 is 15.9 Å². The second-order valence-electron chi connectivity index (χ2n) is 3.50. The third-order valence-corrected chi connectivity index (χ3v) is 5.03. The fourth-order valence-corrected chi connectivity index (χ4v) is 4.25. The molecule has 16 heavy (non-hydrogen) atoms. The molecule has 86 valence electrons. The Morgan fingerprint density at radius 3 is 2.62 bits per heavy atom. The van der Waals surface area contributed by atoms with Gasteiger partial charge in [0.05, 0.1) is 0 Å². The van der Waals surface area contributed by atoms with E-state index >= 15 is 0 Å². The first-order valence-electron chi connectivity index (χ1n) is 5.26. The molecule has 0 saturated carbocycles. The molecule has 2 nitrogen and oxygen atoms in total. The van der Waals surface area contributed by atoms with Crippen molar-refractivity contribution in [2.24, 2.45) is 0 Å². The van der Waals surface area contributed by atoms with Gasteiger partial charge < -0.3 is 0 Å². The van der Waals surface area contributed by atoms with Gasteiger partial charge in [-0.25, -0.2) is 0 Å². The Labute approximate surface area is 111 Å². The SMILES string of the molecule is Br/C(=C/N1CCOCC1)[Se]c1ccccc1. The number of benzene rings is 1. The zero-order valence-corrected chi connectivity index (χ0v) is 12.2. The molecule has 1 saturated heterocycles. The second-order valence-corrected chi connectivity index (χ2v) is 7.87. The molecular formula is C12H14BrNOSe. The summed E-state index contributed by atoms with van der Waals surface area (Å²) in [6.07, 6.45) is 2.22. The first-order chi connectivity index (χ1) is 7.84. The average Bonchev–Trinajstić information content (AvgIpc) is 2.31. The molecule has 0 atom stereocenters. The van der Waals surface area contributed by atoms with E-state index in [2.05, 4.69) is 57.4 Å². The van der Waals surface area contributed by atoms with E-state index in [0.29, 0.717) is 15.0 Å². The number of ether oxygens (including phenoxy) is 1. The van der Waals surface area contributed by atoms with Gasteiger partial charge in [-0.05, 0) is 0 Å². The summed E-state index contributed by atoms with van der Waals surface area (Å²) < 4.78 is 8.00. The Hall–Kier alpha value is -0.281. The third-order valence-electron chi connectivity index (χ3n) is 2.29. The second kappa shape index (κ2) is 6.45. The van der Waals surface area contributed by atoms with Crippen LogP contribution in [0.25, 0.3) is 0 Å². The average molecular weight is 347 g/mol. The van der Waals surface area contributed by atoms with Gasteiger partial charge in [0.2, 0.25) is 0 Å². The molecule has 0 aromatic heterocycles. The number of hydrogen-bond acceptors (Lipinski definition) is 2. The van der Waals surface area contributed by atoms with Gasteiger partial charge in [-0.2, -0.15) is 0 Å². The monoisotopic (exact) mass is 347 g/mol. The van der Waals surface area contributed by atoms with E-state index < -0.39 is 0 Å². The Morgan fingerprint density at radius 1 is 1.25 bits per heavy atom. The zero-order chi connectivity index (χ0) is 11.2. The molecule has 1 fully saturated rings. The van der Waals surface area contributed by atoms with E-state index in [1.54, 1.807) is 0 Å². The van der Waals surface area contributed by atoms with Crippen LogP contribution < -0.4 is 4.46 Å². The molecule has 1 aromatic rings. The molecule has 1 aliphatic heterocycles. The predicted octanol–water partition coefficient (Wildman–Crippen LogP) is 1.54. The number of morpholine rings is 1. The van der Waals surface area contributed by atoms with Crippen molar-refractivity contribution in [2.45, 2.75) is 0 Å². The van der Waals surface area contributed by atoms with Crippen molar-refractivity contribution in [3.05, 3.63) is 39.9 Å². The minimum atomic E-state index is 0.375. The molecule has 0 N–H and O–H groups in total. The predicted molar refractivity (Wildman–Crippen MR) is 71.2 cm³/mol. The maximum atomic E-state index is 5.32. The van der Waals surface area contributed by atoms with E-state index in [0.717, 1.165) is 26.3 Å². The van der Waals surface area contributed by atoms with Gasteiger partial charge in [0.15, 0.2) is 0 Å². The van der Waals surface area contributed by atoms with Crippen LogP contribution in [-0.2, 0) is 4.74 Å². The van der Waals surface area contributed by atoms with Gasteiger partial charge in [-0.15, -0.1) is 0 Å². The Kier molecular flexibility index (Phi) is 4.91. The molecule has 0 bridgehead atoms. The summed E-state index contributed by atoms with van der Waals surface area (Å²) in [5, 5.41) is 0. The van der Waals surface area contributed by atoms with Crippen molar-refractivity contribution in [3.8, 4) is 0 Å². The first kappa shape index (κ1) is 12.2. The van der Waals surface area contributed by atoms with Crippen LogP contribution in [0, 0.1) is 0 Å². The van der Waals surface area contributed by atoms with Crippen LogP contribution in [0.5, 0.6) is 0 Å². The molecule has 0 unspecified atom stereocenters. The summed E-state index contributed by atoms with van der Waals surface area (Å²) in [6.45, 7) is 3.68. The topological polar surface area (TPSA) is 12.5 Å². The summed E-state index contributed by atoms with van der Waals surface area (Å²) >= 11 is 4.03. The summed E-state index contributed by atoms with van der Waals surface area (Å²) in [5.41, 5.74) is 0. The number of rotatable bonds is 3. The van der Waals surface area contributed by atoms with E-state index in [-0.39, 0.29) is 0 Å². The van der Waals surface area contributed by atoms with Crippen LogP contribution in [0.2, 0.25) is 0 Å².